The van der Waals surface area contributed by atoms with Crippen LogP contribution in [0.2, 0.25) is 0 Å². The van der Waals surface area contributed by atoms with Gasteiger partial charge in [0.05, 0.1) is 6.42 Å². The Kier molecular flexibility index (Phi) is 3.37. The largest absolute Gasteiger partial charge is 0.358 e. The summed E-state index contributed by atoms with van der Waals surface area (Å²) in [5.41, 5.74) is 7.16. The van der Waals surface area contributed by atoms with E-state index in [4.69, 9.17) is 0 Å². The fraction of sp³-hybridized carbons (Fsp3) is 0.333. The van der Waals surface area contributed by atoms with E-state index in [1.807, 2.05) is 6.92 Å². The summed E-state index contributed by atoms with van der Waals surface area (Å²) < 4.78 is 13.3. The van der Waals surface area contributed by atoms with Crippen LogP contribution < -0.4 is 10.9 Å². The first kappa shape index (κ1) is 13.6. The van der Waals surface area contributed by atoms with Crippen LogP contribution in [-0.4, -0.2) is 16.8 Å². The van der Waals surface area contributed by atoms with Gasteiger partial charge in [0.1, 0.15) is 5.82 Å². The van der Waals surface area contributed by atoms with E-state index in [2.05, 4.69) is 15.8 Å². The van der Waals surface area contributed by atoms with Crippen molar-refractivity contribution < 1.29 is 14.0 Å². The van der Waals surface area contributed by atoms with Crippen LogP contribution in [0.5, 0.6) is 0 Å². The topological polar surface area (TPSA) is 74.0 Å². The number of H-pyrrole nitrogens is 1. The van der Waals surface area contributed by atoms with E-state index in [0.717, 1.165) is 29.6 Å². The number of amides is 2. The van der Waals surface area contributed by atoms with E-state index in [1.54, 1.807) is 6.07 Å². The van der Waals surface area contributed by atoms with Gasteiger partial charge in [0.15, 0.2) is 0 Å². The molecule has 1 aliphatic rings. The molecule has 1 aromatic carbocycles. The lowest BCUT2D eigenvalue weighted by Gasteiger charge is -2.07. The summed E-state index contributed by atoms with van der Waals surface area (Å²) >= 11 is 0. The Bertz CT molecular complexity index is 719. The molecule has 0 aliphatic heterocycles. The summed E-state index contributed by atoms with van der Waals surface area (Å²) in [5.74, 6) is -0.776. The molecule has 3 N–H and O–H groups in total. The quantitative estimate of drug-likeness (QED) is 0.753. The fourth-order valence-electron chi connectivity index (χ4n) is 2.37. The van der Waals surface area contributed by atoms with Crippen LogP contribution in [0, 0.1) is 18.7 Å². The third kappa shape index (κ3) is 2.89. The van der Waals surface area contributed by atoms with Gasteiger partial charge in [-0.2, -0.15) is 0 Å². The average Bonchev–Trinajstić information content (AvgIpc) is 3.24. The monoisotopic (exact) mass is 289 g/mol. The van der Waals surface area contributed by atoms with Crippen LogP contribution in [-0.2, 0) is 16.0 Å². The zero-order chi connectivity index (χ0) is 15.0. The molecule has 21 heavy (non-hydrogen) atoms. The number of aromatic amines is 1. The highest BCUT2D eigenvalue weighted by Crippen LogP contribution is 2.28. The van der Waals surface area contributed by atoms with Crippen molar-refractivity contribution in [1.82, 2.24) is 15.8 Å². The third-order valence-electron chi connectivity index (χ3n) is 3.69. The van der Waals surface area contributed by atoms with Crippen LogP contribution in [0.25, 0.3) is 10.9 Å². The number of hydrogen-bond donors (Lipinski definition) is 3. The van der Waals surface area contributed by atoms with Crippen LogP contribution >= 0.6 is 0 Å². The summed E-state index contributed by atoms with van der Waals surface area (Å²) in [6, 6.07) is 4.43. The molecule has 0 spiro atoms. The summed E-state index contributed by atoms with van der Waals surface area (Å²) in [6.07, 6.45) is 1.84. The molecule has 0 atom stereocenters. The molecule has 1 aromatic heterocycles. The van der Waals surface area contributed by atoms with Gasteiger partial charge in [-0.05, 0) is 43.5 Å². The van der Waals surface area contributed by atoms with E-state index in [1.165, 1.54) is 12.1 Å². The van der Waals surface area contributed by atoms with E-state index >= 15 is 0 Å². The van der Waals surface area contributed by atoms with Gasteiger partial charge >= 0.3 is 0 Å². The van der Waals surface area contributed by atoms with Gasteiger partial charge in [-0.1, -0.05) is 0 Å². The lowest BCUT2D eigenvalue weighted by Crippen LogP contribution is -2.43. The molecule has 6 heteroatoms. The molecule has 2 aromatic rings. The smallest absolute Gasteiger partial charge is 0.242 e. The first-order valence-electron chi connectivity index (χ1n) is 6.90. The van der Waals surface area contributed by atoms with E-state index < -0.39 is 0 Å². The number of carbonyl (C=O) groups is 2. The van der Waals surface area contributed by atoms with E-state index in [0.29, 0.717) is 5.39 Å². The minimum atomic E-state index is -0.342. The molecule has 1 aliphatic carbocycles. The lowest BCUT2D eigenvalue weighted by atomic mass is 10.1. The Morgan fingerprint density at radius 3 is 2.81 bits per heavy atom. The number of hydrogen-bond acceptors (Lipinski definition) is 2. The number of fused-ring (bicyclic) bond motifs is 1. The van der Waals surface area contributed by atoms with Crippen molar-refractivity contribution in [3.63, 3.8) is 0 Å². The van der Waals surface area contributed by atoms with Gasteiger partial charge in [0.2, 0.25) is 11.8 Å². The standard InChI is InChI=1S/C15H16FN3O2/c1-8-11(12-6-10(16)4-5-13(12)17-8)7-14(20)18-19-15(21)9-2-3-9/h4-6,9,17H,2-3,7H2,1H3,(H,18,20)(H,19,21). The normalized spacial score (nSPS) is 14.2. The molecule has 5 nitrogen and oxygen atoms in total. The number of aryl methyl sites for hydroxylation is 1. The summed E-state index contributed by atoms with van der Waals surface area (Å²) in [6.45, 7) is 1.84. The van der Waals surface area contributed by atoms with Gasteiger partial charge in [-0.25, -0.2) is 4.39 Å². The van der Waals surface area contributed by atoms with Crippen LogP contribution in [0.4, 0.5) is 4.39 Å². The molecular formula is C15H16FN3O2. The van der Waals surface area contributed by atoms with Crippen molar-refractivity contribution in [2.75, 3.05) is 0 Å². The Labute approximate surface area is 120 Å². The van der Waals surface area contributed by atoms with E-state index in [9.17, 15) is 14.0 Å². The molecular weight excluding hydrogens is 273 g/mol. The van der Waals surface area contributed by atoms with Gasteiger partial charge in [-0.15, -0.1) is 0 Å². The number of aromatic nitrogens is 1. The number of hydrazine groups is 1. The van der Waals surface area contributed by atoms with E-state index in [-0.39, 0.29) is 30.0 Å². The van der Waals surface area contributed by atoms with Crippen molar-refractivity contribution in [3.05, 3.63) is 35.3 Å². The van der Waals surface area contributed by atoms with Gasteiger partial charge < -0.3 is 4.98 Å². The highest BCUT2D eigenvalue weighted by atomic mass is 19.1. The fourth-order valence-corrected chi connectivity index (χ4v) is 2.37. The van der Waals surface area contributed by atoms with Crippen molar-refractivity contribution in [1.29, 1.82) is 0 Å². The van der Waals surface area contributed by atoms with Crippen LogP contribution in [0.1, 0.15) is 24.1 Å². The third-order valence-corrected chi connectivity index (χ3v) is 3.69. The second kappa shape index (κ2) is 5.20. The molecule has 3 rings (SSSR count). The molecule has 0 radical (unpaired) electrons. The zero-order valence-electron chi connectivity index (χ0n) is 11.6. The number of nitrogens with one attached hydrogen (secondary N) is 3. The maximum atomic E-state index is 13.3. The summed E-state index contributed by atoms with van der Waals surface area (Å²) in [7, 11) is 0. The Balaban J connectivity index is 1.71. The van der Waals surface area contributed by atoms with Crippen LogP contribution in [0.3, 0.4) is 0 Å². The Morgan fingerprint density at radius 2 is 2.10 bits per heavy atom. The SMILES string of the molecule is Cc1[nH]c2ccc(F)cc2c1CC(=O)NNC(=O)C1CC1. The minimum Gasteiger partial charge on any atom is -0.358 e. The minimum absolute atomic E-state index is 0.0363. The predicted octanol–water partition coefficient (Wildman–Crippen LogP) is 1.72. The first-order chi connectivity index (χ1) is 10.0. The van der Waals surface area contributed by atoms with Crippen molar-refractivity contribution in [3.8, 4) is 0 Å². The summed E-state index contributed by atoms with van der Waals surface area (Å²) in [5, 5.41) is 0.691. The lowest BCUT2D eigenvalue weighted by molar-refractivity contribution is -0.129. The average molecular weight is 289 g/mol. The maximum absolute atomic E-state index is 13.3. The molecule has 0 bridgehead atoms. The number of halogens is 1. The number of benzene rings is 1. The summed E-state index contributed by atoms with van der Waals surface area (Å²) in [4.78, 5) is 26.5. The Hall–Kier alpha value is -2.37. The molecule has 1 fully saturated rings. The van der Waals surface area contributed by atoms with Crippen LogP contribution in [0.15, 0.2) is 18.2 Å². The molecule has 0 saturated heterocycles. The van der Waals surface area contributed by atoms with Crippen molar-refractivity contribution in [2.24, 2.45) is 5.92 Å². The van der Waals surface area contributed by atoms with Gasteiger partial charge in [-0.3, -0.25) is 20.4 Å². The molecule has 1 saturated carbocycles. The number of carbonyl (C=O) groups excluding carboxylic acids is 2. The van der Waals surface area contributed by atoms with Crippen molar-refractivity contribution in [2.45, 2.75) is 26.2 Å². The second-order valence-electron chi connectivity index (χ2n) is 5.41. The molecule has 110 valence electrons. The predicted molar refractivity (Wildman–Crippen MR) is 75.7 cm³/mol. The highest BCUT2D eigenvalue weighted by molar-refractivity contribution is 5.91. The molecule has 2 amide bonds. The maximum Gasteiger partial charge on any atom is 0.242 e. The molecule has 1 heterocycles. The highest BCUT2D eigenvalue weighted by Gasteiger charge is 2.29. The van der Waals surface area contributed by atoms with Gasteiger partial charge in [0.25, 0.3) is 0 Å². The first-order valence-corrected chi connectivity index (χ1v) is 6.90. The second-order valence-corrected chi connectivity index (χ2v) is 5.41. The zero-order valence-corrected chi connectivity index (χ0v) is 11.6. The van der Waals surface area contributed by atoms with Gasteiger partial charge in [0, 0.05) is 22.5 Å². The number of rotatable bonds is 3. The van der Waals surface area contributed by atoms with Crippen molar-refractivity contribution >= 4 is 22.7 Å². The molecule has 0 unspecified atom stereocenters. The Morgan fingerprint density at radius 1 is 1.33 bits per heavy atom.